The van der Waals surface area contributed by atoms with Gasteiger partial charge in [-0.05, 0) is 48.8 Å². The second-order valence-electron chi connectivity index (χ2n) is 6.42. The molecule has 0 radical (unpaired) electrons. The van der Waals surface area contributed by atoms with Crippen LogP contribution in [0.15, 0.2) is 42.6 Å². The van der Waals surface area contributed by atoms with Crippen LogP contribution in [0, 0.1) is 17.8 Å². The summed E-state index contributed by atoms with van der Waals surface area (Å²) in [6.45, 7) is 0.799. The maximum absolute atomic E-state index is 12.5. The van der Waals surface area contributed by atoms with Gasteiger partial charge in [0.1, 0.15) is 0 Å². The lowest BCUT2D eigenvalue weighted by molar-refractivity contribution is 0.0946. The standard InChI is InChI=1S/C18H20N2O/c1-20-8-7-15-16(3-2-4-17(15)20)18(21)19-11-14-10-12-5-6-13(14)9-12/h2-8,12-14H,9-11H2,1H3,(H,19,21)/t12-,13-,14+/m0/s1. The Hall–Kier alpha value is -2.03. The Morgan fingerprint density at radius 3 is 2.95 bits per heavy atom. The van der Waals surface area contributed by atoms with Gasteiger partial charge in [-0.25, -0.2) is 0 Å². The molecule has 1 aromatic heterocycles. The number of aromatic nitrogens is 1. The number of rotatable bonds is 3. The quantitative estimate of drug-likeness (QED) is 0.861. The van der Waals surface area contributed by atoms with Crippen LogP contribution in [0.5, 0.6) is 0 Å². The number of aryl methyl sites for hydroxylation is 1. The number of carbonyl (C=O) groups is 1. The van der Waals surface area contributed by atoms with Crippen molar-refractivity contribution in [2.45, 2.75) is 12.8 Å². The van der Waals surface area contributed by atoms with Crippen molar-refractivity contribution in [2.75, 3.05) is 6.54 Å². The van der Waals surface area contributed by atoms with E-state index in [4.69, 9.17) is 0 Å². The van der Waals surface area contributed by atoms with Crippen LogP contribution >= 0.6 is 0 Å². The minimum atomic E-state index is 0.0542. The molecule has 21 heavy (non-hydrogen) atoms. The summed E-state index contributed by atoms with van der Waals surface area (Å²) in [4.78, 5) is 12.5. The summed E-state index contributed by atoms with van der Waals surface area (Å²) in [6.07, 6.45) is 9.20. The molecule has 1 amide bonds. The van der Waals surface area contributed by atoms with Gasteiger partial charge in [0.2, 0.25) is 0 Å². The second-order valence-corrected chi connectivity index (χ2v) is 6.42. The number of amides is 1. The van der Waals surface area contributed by atoms with E-state index in [2.05, 4.69) is 17.5 Å². The third-order valence-corrected chi connectivity index (χ3v) is 5.11. The average Bonchev–Trinajstić information content (AvgIpc) is 3.20. The Kier molecular flexibility index (Phi) is 2.88. The molecule has 2 aliphatic rings. The molecule has 3 nitrogen and oxygen atoms in total. The molecule has 2 bridgehead atoms. The topological polar surface area (TPSA) is 34.0 Å². The third-order valence-electron chi connectivity index (χ3n) is 5.11. The number of benzene rings is 1. The van der Waals surface area contributed by atoms with Crippen molar-refractivity contribution >= 4 is 16.8 Å². The first-order valence-electron chi connectivity index (χ1n) is 7.73. The van der Waals surface area contributed by atoms with E-state index in [0.717, 1.165) is 28.9 Å². The highest BCUT2D eigenvalue weighted by atomic mass is 16.1. The van der Waals surface area contributed by atoms with Crippen LogP contribution in [0.25, 0.3) is 10.9 Å². The Morgan fingerprint density at radius 1 is 1.29 bits per heavy atom. The molecule has 0 spiro atoms. The summed E-state index contributed by atoms with van der Waals surface area (Å²) < 4.78 is 2.05. The maximum Gasteiger partial charge on any atom is 0.251 e. The van der Waals surface area contributed by atoms with E-state index < -0.39 is 0 Å². The largest absolute Gasteiger partial charge is 0.352 e. The molecule has 1 saturated carbocycles. The summed E-state index contributed by atoms with van der Waals surface area (Å²) in [6, 6.07) is 7.94. The highest BCUT2D eigenvalue weighted by Crippen LogP contribution is 2.42. The van der Waals surface area contributed by atoms with E-state index >= 15 is 0 Å². The van der Waals surface area contributed by atoms with Gasteiger partial charge in [-0.1, -0.05) is 18.2 Å². The first kappa shape index (κ1) is 12.7. The molecule has 1 aromatic carbocycles. The molecule has 0 unspecified atom stereocenters. The predicted molar refractivity (Wildman–Crippen MR) is 84.1 cm³/mol. The Labute approximate surface area is 124 Å². The number of nitrogens with zero attached hydrogens (tertiary/aromatic N) is 1. The molecule has 0 saturated heterocycles. The Bertz CT molecular complexity index is 728. The zero-order valence-corrected chi connectivity index (χ0v) is 12.3. The number of nitrogens with one attached hydrogen (secondary N) is 1. The summed E-state index contributed by atoms with van der Waals surface area (Å²) in [5.74, 6) is 2.12. The summed E-state index contributed by atoms with van der Waals surface area (Å²) in [7, 11) is 2.01. The number of hydrogen-bond acceptors (Lipinski definition) is 1. The van der Waals surface area contributed by atoms with Gasteiger partial charge >= 0.3 is 0 Å². The van der Waals surface area contributed by atoms with Crippen molar-refractivity contribution in [2.24, 2.45) is 24.8 Å². The van der Waals surface area contributed by atoms with E-state index in [9.17, 15) is 4.79 Å². The Morgan fingerprint density at radius 2 is 2.19 bits per heavy atom. The smallest absolute Gasteiger partial charge is 0.251 e. The van der Waals surface area contributed by atoms with Crippen LogP contribution in [0.1, 0.15) is 23.2 Å². The van der Waals surface area contributed by atoms with Gasteiger partial charge in [0, 0.05) is 36.3 Å². The normalized spacial score (nSPS) is 26.6. The lowest BCUT2D eigenvalue weighted by Gasteiger charge is -2.18. The molecule has 1 N–H and O–H groups in total. The molecule has 2 aromatic rings. The summed E-state index contributed by atoms with van der Waals surface area (Å²) >= 11 is 0. The molecule has 3 heteroatoms. The van der Waals surface area contributed by atoms with E-state index in [1.54, 1.807) is 0 Å². The van der Waals surface area contributed by atoms with Gasteiger partial charge in [-0.15, -0.1) is 0 Å². The fourth-order valence-corrected chi connectivity index (χ4v) is 3.95. The SMILES string of the molecule is Cn1ccc2c(C(=O)NC[C@H]3C[C@H]4C=C[C@H]3C4)cccc21. The lowest BCUT2D eigenvalue weighted by Crippen LogP contribution is -2.31. The molecular weight excluding hydrogens is 260 g/mol. The predicted octanol–water partition coefficient (Wildman–Crippen LogP) is 3.12. The minimum absolute atomic E-state index is 0.0542. The molecule has 3 atom stereocenters. The van der Waals surface area contributed by atoms with Crippen LogP contribution in [0.2, 0.25) is 0 Å². The van der Waals surface area contributed by atoms with Crippen LogP contribution in [0.3, 0.4) is 0 Å². The van der Waals surface area contributed by atoms with Crippen molar-refractivity contribution in [3.8, 4) is 0 Å². The number of carbonyl (C=O) groups excluding carboxylic acids is 1. The molecule has 2 aliphatic carbocycles. The van der Waals surface area contributed by atoms with Gasteiger partial charge < -0.3 is 9.88 Å². The van der Waals surface area contributed by atoms with E-state index in [-0.39, 0.29) is 5.91 Å². The van der Waals surface area contributed by atoms with Gasteiger partial charge in [0.15, 0.2) is 0 Å². The summed E-state index contributed by atoms with van der Waals surface area (Å²) in [5.41, 5.74) is 1.89. The first-order chi connectivity index (χ1) is 10.2. The monoisotopic (exact) mass is 280 g/mol. The van der Waals surface area contributed by atoms with E-state index in [1.165, 1.54) is 12.8 Å². The third kappa shape index (κ3) is 2.08. The maximum atomic E-state index is 12.5. The highest BCUT2D eigenvalue weighted by Gasteiger charge is 2.35. The second kappa shape index (κ2) is 4.76. The van der Waals surface area contributed by atoms with Crippen molar-refractivity contribution in [1.29, 1.82) is 0 Å². The fourth-order valence-electron chi connectivity index (χ4n) is 3.95. The van der Waals surface area contributed by atoms with Crippen LogP contribution in [-0.2, 0) is 7.05 Å². The highest BCUT2D eigenvalue weighted by molar-refractivity contribution is 6.06. The van der Waals surface area contributed by atoms with Crippen molar-refractivity contribution in [3.63, 3.8) is 0 Å². The number of allylic oxidation sites excluding steroid dienone is 2. The molecule has 1 fully saturated rings. The Balaban J connectivity index is 1.50. The van der Waals surface area contributed by atoms with Crippen molar-refractivity contribution in [1.82, 2.24) is 9.88 Å². The van der Waals surface area contributed by atoms with E-state index in [0.29, 0.717) is 11.8 Å². The van der Waals surface area contributed by atoms with E-state index in [1.807, 2.05) is 42.1 Å². The van der Waals surface area contributed by atoms with Crippen LogP contribution in [0.4, 0.5) is 0 Å². The average molecular weight is 280 g/mol. The van der Waals surface area contributed by atoms with Gasteiger partial charge in [0.25, 0.3) is 5.91 Å². The molecular formula is C18H20N2O. The summed E-state index contributed by atoms with van der Waals surface area (Å²) in [5, 5.41) is 4.18. The molecule has 4 rings (SSSR count). The molecule has 0 aliphatic heterocycles. The number of fused-ring (bicyclic) bond motifs is 3. The van der Waals surface area contributed by atoms with Gasteiger partial charge in [0.05, 0.1) is 0 Å². The van der Waals surface area contributed by atoms with Gasteiger partial charge in [-0.2, -0.15) is 0 Å². The molecule has 1 heterocycles. The fraction of sp³-hybridized carbons (Fsp3) is 0.389. The van der Waals surface area contributed by atoms with Crippen LogP contribution in [-0.4, -0.2) is 17.0 Å². The minimum Gasteiger partial charge on any atom is -0.352 e. The lowest BCUT2D eigenvalue weighted by atomic mass is 9.93. The zero-order valence-electron chi connectivity index (χ0n) is 12.3. The zero-order chi connectivity index (χ0) is 14.4. The number of hydrogen-bond donors (Lipinski definition) is 1. The molecule has 108 valence electrons. The first-order valence-corrected chi connectivity index (χ1v) is 7.73. The van der Waals surface area contributed by atoms with Crippen molar-refractivity contribution in [3.05, 3.63) is 48.2 Å². The van der Waals surface area contributed by atoms with Crippen molar-refractivity contribution < 1.29 is 4.79 Å². The van der Waals surface area contributed by atoms with Crippen LogP contribution < -0.4 is 5.32 Å². The van der Waals surface area contributed by atoms with Gasteiger partial charge in [-0.3, -0.25) is 4.79 Å².